The lowest BCUT2D eigenvalue weighted by Crippen LogP contribution is -2.48. The van der Waals surface area contributed by atoms with E-state index in [-0.39, 0.29) is 5.54 Å². The normalized spacial score (nSPS) is 24.5. The van der Waals surface area contributed by atoms with E-state index in [4.69, 9.17) is 10.2 Å². The van der Waals surface area contributed by atoms with Crippen molar-refractivity contribution < 1.29 is 4.42 Å². The molecule has 0 amide bonds. The summed E-state index contributed by atoms with van der Waals surface area (Å²) in [7, 11) is 0. The molecule has 0 radical (unpaired) electrons. The molecule has 5 heteroatoms. The highest BCUT2D eigenvalue weighted by molar-refractivity contribution is 9.10. The minimum Gasteiger partial charge on any atom is -0.452 e. The Morgan fingerprint density at radius 1 is 1.59 bits per heavy atom. The van der Waals surface area contributed by atoms with Crippen molar-refractivity contribution in [1.82, 2.24) is 4.90 Å². The second kappa shape index (κ2) is 4.37. The van der Waals surface area contributed by atoms with Crippen LogP contribution >= 0.6 is 15.9 Å². The van der Waals surface area contributed by atoms with E-state index in [1.165, 1.54) is 0 Å². The molecule has 1 aromatic rings. The van der Waals surface area contributed by atoms with Crippen LogP contribution in [-0.2, 0) is 5.54 Å². The standard InChI is InChI=1S/C12H18BrN3O/c1-8(2)6-16-11(14)15-7-12(16,3)9-4-5-10(13)17-9/h4-5,8H,6-7H2,1-3H3,(H2,14,15). The Hall–Kier alpha value is -0.970. The van der Waals surface area contributed by atoms with Crippen LogP contribution in [0.5, 0.6) is 0 Å². The zero-order valence-electron chi connectivity index (χ0n) is 10.4. The molecule has 4 nitrogen and oxygen atoms in total. The van der Waals surface area contributed by atoms with Gasteiger partial charge in [-0.3, -0.25) is 4.99 Å². The van der Waals surface area contributed by atoms with Gasteiger partial charge in [0.2, 0.25) is 0 Å². The predicted molar refractivity (Wildman–Crippen MR) is 71.8 cm³/mol. The summed E-state index contributed by atoms with van der Waals surface area (Å²) in [6.07, 6.45) is 0. The summed E-state index contributed by atoms with van der Waals surface area (Å²) in [5.74, 6) is 2.03. The van der Waals surface area contributed by atoms with E-state index < -0.39 is 0 Å². The Kier molecular flexibility index (Phi) is 3.21. The third-order valence-electron chi connectivity index (χ3n) is 3.07. The van der Waals surface area contributed by atoms with Crippen molar-refractivity contribution in [1.29, 1.82) is 0 Å². The van der Waals surface area contributed by atoms with Crippen LogP contribution in [0.3, 0.4) is 0 Å². The van der Waals surface area contributed by atoms with Crippen LogP contribution in [0, 0.1) is 5.92 Å². The van der Waals surface area contributed by atoms with Crippen LogP contribution in [0.2, 0.25) is 0 Å². The van der Waals surface area contributed by atoms with E-state index in [1.54, 1.807) is 0 Å². The van der Waals surface area contributed by atoms with Crippen molar-refractivity contribution in [2.75, 3.05) is 13.1 Å². The minimum absolute atomic E-state index is 0.264. The zero-order valence-corrected chi connectivity index (χ0v) is 12.0. The Balaban J connectivity index is 2.30. The molecule has 0 bridgehead atoms. The second-order valence-electron chi connectivity index (χ2n) is 5.06. The van der Waals surface area contributed by atoms with Crippen molar-refractivity contribution in [3.63, 3.8) is 0 Å². The van der Waals surface area contributed by atoms with E-state index in [2.05, 4.69) is 46.6 Å². The number of nitrogens with zero attached hydrogens (tertiary/aromatic N) is 2. The van der Waals surface area contributed by atoms with E-state index >= 15 is 0 Å². The fraction of sp³-hybridized carbons (Fsp3) is 0.583. The number of hydrogen-bond donors (Lipinski definition) is 1. The lowest BCUT2D eigenvalue weighted by molar-refractivity contribution is 0.170. The first-order chi connectivity index (χ1) is 7.93. The van der Waals surface area contributed by atoms with Gasteiger partial charge >= 0.3 is 0 Å². The number of halogens is 1. The summed E-state index contributed by atoms with van der Waals surface area (Å²) >= 11 is 3.34. The average Bonchev–Trinajstić information content (AvgIpc) is 2.78. The highest BCUT2D eigenvalue weighted by atomic mass is 79.9. The Morgan fingerprint density at radius 3 is 2.82 bits per heavy atom. The maximum absolute atomic E-state index is 5.97. The van der Waals surface area contributed by atoms with E-state index in [0.717, 1.165) is 17.0 Å². The maximum atomic E-state index is 5.97. The van der Waals surface area contributed by atoms with Crippen LogP contribution in [0.4, 0.5) is 0 Å². The fourth-order valence-corrected chi connectivity index (χ4v) is 2.44. The Labute approximate surface area is 110 Å². The molecule has 0 saturated carbocycles. The summed E-state index contributed by atoms with van der Waals surface area (Å²) in [5, 5.41) is 0. The highest BCUT2D eigenvalue weighted by Crippen LogP contribution is 2.35. The maximum Gasteiger partial charge on any atom is 0.192 e. The van der Waals surface area contributed by atoms with Crippen LogP contribution in [-0.4, -0.2) is 23.9 Å². The quantitative estimate of drug-likeness (QED) is 0.933. The largest absolute Gasteiger partial charge is 0.452 e. The average molecular weight is 300 g/mol. The van der Waals surface area contributed by atoms with Crippen molar-refractivity contribution in [2.24, 2.45) is 16.6 Å². The number of nitrogens with two attached hydrogens (primary N) is 1. The van der Waals surface area contributed by atoms with Crippen LogP contribution in [0.25, 0.3) is 0 Å². The molecule has 0 saturated heterocycles. The molecule has 0 fully saturated rings. The van der Waals surface area contributed by atoms with Crippen LogP contribution in [0.1, 0.15) is 26.5 Å². The van der Waals surface area contributed by atoms with Crippen LogP contribution < -0.4 is 5.73 Å². The summed E-state index contributed by atoms with van der Waals surface area (Å²) < 4.78 is 6.42. The molecule has 2 rings (SSSR count). The Bertz CT molecular complexity index is 441. The van der Waals surface area contributed by atoms with Crippen molar-refractivity contribution in [3.8, 4) is 0 Å². The van der Waals surface area contributed by atoms with Gasteiger partial charge in [0.05, 0.1) is 6.54 Å². The molecular weight excluding hydrogens is 282 g/mol. The summed E-state index contributed by atoms with van der Waals surface area (Å²) in [6, 6.07) is 3.88. The molecule has 94 valence electrons. The minimum atomic E-state index is -0.264. The molecule has 2 heterocycles. The molecule has 1 aromatic heterocycles. The molecule has 1 atom stereocenters. The van der Waals surface area contributed by atoms with Gasteiger partial charge in [-0.2, -0.15) is 0 Å². The first-order valence-electron chi connectivity index (χ1n) is 5.77. The van der Waals surface area contributed by atoms with Gasteiger partial charge in [0, 0.05) is 6.54 Å². The SMILES string of the molecule is CC(C)CN1C(N)=NCC1(C)c1ccc(Br)o1. The molecular formula is C12H18BrN3O. The fourth-order valence-electron chi connectivity index (χ4n) is 2.13. The lowest BCUT2D eigenvalue weighted by Gasteiger charge is -2.35. The summed E-state index contributed by atoms with van der Waals surface area (Å²) in [6.45, 7) is 7.98. The Morgan fingerprint density at radius 2 is 2.29 bits per heavy atom. The van der Waals surface area contributed by atoms with E-state index in [0.29, 0.717) is 18.4 Å². The molecule has 1 aliphatic rings. The van der Waals surface area contributed by atoms with Gasteiger partial charge in [0.15, 0.2) is 10.6 Å². The van der Waals surface area contributed by atoms with Crippen molar-refractivity contribution >= 4 is 21.9 Å². The first kappa shape index (κ1) is 12.5. The highest BCUT2D eigenvalue weighted by Gasteiger charge is 2.42. The van der Waals surface area contributed by atoms with Gasteiger partial charge in [0.25, 0.3) is 0 Å². The predicted octanol–water partition coefficient (Wildman–Crippen LogP) is 2.54. The van der Waals surface area contributed by atoms with Gasteiger partial charge in [-0.25, -0.2) is 0 Å². The van der Waals surface area contributed by atoms with Gasteiger partial charge in [-0.1, -0.05) is 13.8 Å². The van der Waals surface area contributed by atoms with Crippen molar-refractivity contribution in [3.05, 3.63) is 22.6 Å². The molecule has 1 unspecified atom stereocenters. The topological polar surface area (TPSA) is 54.8 Å². The van der Waals surface area contributed by atoms with Gasteiger partial charge < -0.3 is 15.1 Å². The van der Waals surface area contributed by atoms with E-state index in [9.17, 15) is 0 Å². The second-order valence-corrected chi connectivity index (χ2v) is 5.84. The first-order valence-corrected chi connectivity index (χ1v) is 6.56. The van der Waals surface area contributed by atoms with Crippen LogP contribution in [0.15, 0.2) is 26.2 Å². The summed E-state index contributed by atoms with van der Waals surface area (Å²) in [4.78, 5) is 6.48. The van der Waals surface area contributed by atoms with Crippen molar-refractivity contribution in [2.45, 2.75) is 26.3 Å². The third kappa shape index (κ3) is 2.20. The molecule has 0 aliphatic carbocycles. The molecule has 2 N–H and O–H groups in total. The van der Waals surface area contributed by atoms with Gasteiger partial charge in [0.1, 0.15) is 11.3 Å². The third-order valence-corrected chi connectivity index (χ3v) is 3.50. The molecule has 1 aliphatic heterocycles. The monoisotopic (exact) mass is 299 g/mol. The van der Waals surface area contributed by atoms with Gasteiger partial charge in [-0.05, 0) is 40.9 Å². The molecule has 0 spiro atoms. The van der Waals surface area contributed by atoms with E-state index in [1.807, 2.05) is 12.1 Å². The smallest absolute Gasteiger partial charge is 0.192 e. The number of aliphatic imine (C=N–C) groups is 1. The molecule has 17 heavy (non-hydrogen) atoms. The number of guanidine groups is 1. The van der Waals surface area contributed by atoms with Gasteiger partial charge in [-0.15, -0.1) is 0 Å². The zero-order chi connectivity index (χ0) is 12.6. The molecule has 0 aromatic carbocycles. The number of rotatable bonds is 3. The summed E-state index contributed by atoms with van der Waals surface area (Å²) in [5.41, 5.74) is 5.71. The lowest BCUT2D eigenvalue weighted by atomic mass is 9.97. The number of hydrogen-bond acceptors (Lipinski definition) is 4. The number of furan rings is 1.